The maximum Gasteiger partial charge on any atom is 0.526 e. The van der Waals surface area contributed by atoms with Crippen molar-refractivity contribution in [3.05, 3.63) is 29.3 Å². The van der Waals surface area contributed by atoms with Crippen molar-refractivity contribution in [2.75, 3.05) is 0 Å². The van der Waals surface area contributed by atoms with Crippen molar-refractivity contribution in [3.63, 3.8) is 0 Å². The number of para-hydroxylation sites is 1. The summed E-state index contributed by atoms with van der Waals surface area (Å²) in [6.45, 7) is 6.20. The molecule has 0 saturated carbocycles. The summed E-state index contributed by atoms with van der Waals surface area (Å²) < 4.78 is 15.8. The van der Waals surface area contributed by atoms with Gasteiger partial charge in [-0.3, -0.25) is 9.59 Å². The maximum atomic E-state index is 12.5. The van der Waals surface area contributed by atoms with Gasteiger partial charge in [-0.1, -0.05) is 26.0 Å². The zero-order chi connectivity index (χ0) is 22.4. The molecule has 0 aromatic heterocycles. The number of carbonyl (C=O) groups is 4. The normalized spacial score (nSPS) is 16.3. The fourth-order valence-corrected chi connectivity index (χ4v) is 3.07. The van der Waals surface area contributed by atoms with Gasteiger partial charge in [-0.2, -0.15) is 0 Å². The number of ketones is 2. The fourth-order valence-electron chi connectivity index (χ4n) is 3.07. The molecule has 0 aliphatic carbocycles. The van der Waals surface area contributed by atoms with Crippen molar-refractivity contribution in [3.8, 4) is 5.75 Å². The van der Waals surface area contributed by atoms with Crippen molar-refractivity contribution in [2.24, 2.45) is 5.92 Å². The molecule has 1 aliphatic rings. The maximum absolute atomic E-state index is 12.5. The first-order valence-corrected chi connectivity index (χ1v) is 9.97. The summed E-state index contributed by atoms with van der Waals surface area (Å²) in [5.74, 6) is -2.08. The molecule has 30 heavy (non-hydrogen) atoms. The smallest absolute Gasteiger partial charge is 0.526 e. The van der Waals surface area contributed by atoms with Crippen LogP contribution >= 0.6 is 0 Å². The number of ether oxygens (including phenoxy) is 2. The van der Waals surface area contributed by atoms with Gasteiger partial charge in [-0.15, -0.1) is 0 Å². The topological polar surface area (TPSA) is 116 Å². The largest absolute Gasteiger partial charge is 0.535 e. The molecule has 0 spiro atoms. The molecule has 0 fully saturated rings. The van der Waals surface area contributed by atoms with Gasteiger partial charge >= 0.3 is 19.1 Å². The van der Waals surface area contributed by atoms with Gasteiger partial charge in [0.25, 0.3) is 0 Å². The zero-order valence-corrected chi connectivity index (χ0v) is 17.7. The Morgan fingerprint density at radius 3 is 2.50 bits per heavy atom. The minimum Gasteiger partial charge on any atom is -0.535 e. The van der Waals surface area contributed by atoms with E-state index in [0.29, 0.717) is 12.0 Å². The lowest BCUT2D eigenvalue weighted by Crippen LogP contribution is -2.36. The number of hydrogen-bond acceptors (Lipinski definition) is 8. The number of carbonyl (C=O) groups excluding carboxylic acids is 4. The molecule has 2 rings (SSSR count). The second kappa shape index (κ2) is 10.4. The van der Waals surface area contributed by atoms with Crippen LogP contribution in [0.15, 0.2) is 18.2 Å². The Morgan fingerprint density at radius 2 is 1.87 bits per heavy atom. The number of fused-ring (bicyclic) bond motifs is 1. The van der Waals surface area contributed by atoms with Gasteiger partial charge in [0.2, 0.25) is 6.29 Å². The fraction of sp³-hybridized carbons (Fsp3) is 0.524. The van der Waals surface area contributed by atoms with Crippen LogP contribution in [0.3, 0.4) is 0 Å². The Kier molecular flexibility index (Phi) is 8.17. The lowest BCUT2D eigenvalue weighted by molar-refractivity contribution is -0.169. The van der Waals surface area contributed by atoms with Crippen molar-refractivity contribution in [1.82, 2.24) is 0 Å². The first-order chi connectivity index (χ1) is 14.1. The van der Waals surface area contributed by atoms with Crippen LogP contribution in [0.5, 0.6) is 5.75 Å². The Morgan fingerprint density at radius 1 is 1.17 bits per heavy atom. The Bertz CT molecular complexity index is 819. The zero-order valence-electron chi connectivity index (χ0n) is 17.7. The predicted molar refractivity (Wildman–Crippen MR) is 108 cm³/mol. The lowest BCUT2D eigenvalue weighted by atomic mass is 9.64. The van der Waals surface area contributed by atoms with Gasteiger partial charge in [0, 0.05) is 32.0 Å². The molecule has 1 unspecified atom stereocenters. The molecule has 0 amide bonds. The number of rotatable bonds is 9. The van der Waals surface area contributed by atoms with E-state index in [0.717, 1.165) is 0 Å². The van der Waals surface area contributed by atoms with E-state index >= 15 is 0 Å². The molecule has 0 saturated heterocycles. The number of benzene rings is 1. The molecule has 0 radical (unpaired) electrons. The first-order valence-electron chi connectivity index (χ1n) is 9.97. The molecule has 162 valence electrons. The van der Waals surface area contributed by atoms with E-state index < -0.39 is 31.2 Å². The molecular weight excluding hydrogens is 391 g/mol. The van der Waals surface area contributed by atoms with Crippen molar-refractivity contribution in [1.29, 1.82) is 0 Å². The molecule has 8 nitrogen and oxygen atoms in total. The van der Waals surface area contributed by atoms with Crippen LogP contribution in [-0.4, -0.2) is 41.9 Å². The Balaban J connectivity index is 2.06. The van der Waals surface area contributed by atoms with Crippen LogP contribution in [0, 0.1) is 5.92 Å². The quantitative estimate of drug-likeness (QED) is 0.370. The highest BCUT2D eigenvalue weighted by atomic mass is 16.7. The van der Waals surface area contributed by atoms with Crippen molar-refractivity contribution >= 4 is 30.6 Å². The standard InChI is InChI=1S/C21H27BO8/c1-12(2)20(25)28-14(4)29-21(26)18-7-5-6-15-10-16(22(27)30-19(15)18)11-17(24)9-8-13(3)23/h5-7,12,14,16,27H,8-11H2,1-4H3/t14?,16-/m1/s1. The van der Waals surface area contributed by atoms with Gasteiger partial charge in [-0.05, 0) is 25.0 Å². The summed E-state index contributed by atoms with van der Waals surface area (Å²) in [7, 11) is -1.27. The highest BCUT2D eigenvalue weighted by molar-refractivity contribution is 6.47. The minimum absolute atomic E-state index is 0.0643. The lowest BCUT2D eigenvalue weighted by Gasteiger charge is -2.28. The second-order valence-corrected chi connectivity index (χ2v) is 7.78. The van der Waals surface area contributed by atoms with E-state index in [1.54, 1.807) is 26.0 Å². The van der Waals surface area contributed by atoms with Gasteiger partial charge in [0.1, 0.15) is 22.9 Å². The van der Waals surface area contributed by atoms with E-state index in [-0.39, 0.29) is 48.1 Å². The number of hydrogen-bond donors (Lipinski definition) is 1. The highest BCUT2D eigenvalue weighted by Crippen LogP contribution is 2.36. The number of Topliss-reactive ketones (excluding diaryl/α,β-unsaturated/α-hetero) is 2. The summed E-state index contributed by atoms with van der Waals surface area (Å²) in [5.41, 5.74) is 0.756. The Labute approximate surface area is 176 Å². The highest BCUT2D eigenvalue weighted by Gasteiger charge is 2.38. The molecule has 1 aliphatic heterocycles. The third-order valence-electron chi connectivity index (χ3n) is 4.71. The van der Waals surface area contributed by atoms with E-state index in [4.69, 9.17) is 14.1 Å². The minimum atomic E-state index is -1.27. The summed E-state index contributed by atoms with van der Waals surface area (Å²) in [4.78, 5) is 47.3. The van der Waals surface area contributed by atoms with Crippen LogP contribution < -0.4 is 4.65 Å². The van der Waals surface area contributed by atoms with E-state index in [1.807, 2.05) is 0 Å². The molecule has 2 atom stereocenters. The monoisotopic (exact) mass is 418 g/mol. The van der Waals surface area contributed by atoms with Crippen LogP contribution in [0.25, 0.3) is 0 Å². The molecule has 0 bridgehead atoms. The van der Waals surface area contributed by atoms with E-state index in [9.17, 15) is 24.2 Å². The SMILES string of the molecule is CC(=O)CCC(=O)C[C@H]1Cc2cccc(C(=O)OC(C)OC(=O)C(C)C)c2OB1O. The van der Waals surface area contributed by atoms with Gasteiger partial charge in [0.15, 0.2) is 0 Å². The third-order valence-corrected chi connectivity index (χ3v) is 4.71. The molecule has 1 aromatic rings. The van der Waals surface area contributed by atoms with Crippen LogP contribution in [-0.2, 0) is 30.3 Å². The summed E-state index contributed by atoms with van der Waals surface area (Å²) in [6, 6.07) is 4.88. The second-order valence-electron chi connectivity index (χ2n) is 7.78. The third kappa shape index (κ3) is 6.42. The van der Waals surface area contributed by atoms with Crippen molar-refractivity contribution in [2.45, 2.75) is 65.5 Å². The average molecular weight is 418 g/mol. The molecule has 1 aromatic carbocycles. The van der Waals surface area contributed by atoms with E-state index in [2.05, 4.69) is 0 Å². The van der Waals surface area contributed by atoms with Crippen LogP contribution in [0.1, 0.15) is 62.9 Å². The van der Waals surface area contributed by atoms with Crippen molar-refractivity contribution < 1.29 is 38.3 Å². The van der Waals surface area contributed by atoms with Gasteiger partial charge < -0.3 is 23.9 Å². The summed E-state index contributed by atoms with van der Waals surface area (Å²) >= 11 is 0. The number of esters is 2. The average Bonchev–Trinajstić information content (AvgIpc) is 2.66. The molecule has 9 heteroatoms. The first kappa shape index (κ1) is 23.6. The molecule has 1 N–H and O–H groups in total. The summed E-state index contributed by atoms with van der Waals surface area (Å²) in [5, 5.41) is 10.3. The predicted octanol–water partition coefficient (Wildman–Crippen LogP) is 2.50. The van der Waals surface area contributed by atoms with Gasteiger partial charge in [-0.25, -0.2) is 4.79 Å². The van der Waals surface area contributed by atoms with Crippen LogP contribution in [0.4, 0.5) is 0 Å². The molecule has 1 heterocycles. The summed E-state index contributed by atoms with van der Waals surface area (Å²) in [6.07, 6.45) is -0.366. The van der Waals surface area contributed by atoms with Gasteiger partial charge in [0.05, 0.1) is 5.92 Å². The van der Waals surface area contributed by atoms with Crippen LogP contribution in [0.2, 0.25) is 5.82 Å². The molecular formula is C21H27BO8. The van der Waals surface area contributed by atoms with E-state index in [1.165, 1.54) is 19.9 Å². The Hall–Kier alpha value is -2.68.